The fourth-order valence-corrected chi connectivity index (χ4v) is 1.78. The van der Waals surface area contributed by atoms with E-state index >= 15 is 0 Å². The van der Waals surface area contributed by atoms with Crippen molar-refractivity contribution < 1.29 is 4.79 Å². The summed E-state index contributed by atoms with van der Waals surface area (Å²) in [5.74, 6) is 1.05. The summed E-state index contributed by atoms with van der Waals surface area (Å²) in [6.07, 6.45) is 4.34. The molecule has 3 N–H and O–H groups in total. The van der Waals surface area contributed by atoms with Crippen molar-refractivity contribution in [3.05, 3.63) is 22.8 Å². The number of anilines is 1. The fraction of sp³-hybridized carbons (Fsp3) is 0.455. The minimum absolute atomic E-state index is 0.00421. The molecule has 1 unspecified atom stereocenters. The standard InChI is InChI=1S/C11H14BrN3O/c12-8-3-4-10(14-6-8)15-11(16)5-9(13)7-1-2-7/h3-4,6-7,9H,1-2,5,13H2,(H,14,15,16). The molecule has 1 heterocycles. The van der Waals surface area contributed by atoms with Crippen molar-refractivity contribution in [1.82, 2.24) is 4.98 Å². The van der Waals surface area contributed by atoms with Crippen LogP contribution in [0.15, 0.2) is 22.8 Å². The maximum Gasteiger partial charge on any atom is 0.227 e. The number of hydrogen-bond acceptors (Lipinski definition) is 3. The second-order valence-corrected chi connectivity index (χ2v) is 5.03. The predicted molar refractivity (Wildman–Crippen MR) is 65.9 cm³/mol. The molecule has 2 rings (SSSR count). The average Bonchev–Trinajstić information content (AvgIpc) is 3.04. The Morgan fingerprint density at radius 2 is 2.38 bits per heavy atom. The van der Waals surface area contributed by atoms with E-state index in [1.165, 1.54) is 0 Å². The zero-order chi connectivity index (χ0) is 11.5. The first-order valence-corrected chi connectivity index (χ1v) is 6.11. The van der Waals surface area contributed by atoms with Gasteiger partial charge < -0.3 is 11.1 Å². The van der Waals surface area contributed by atoms with E-state index in [9.17, 15) is 4.79 Å². The summed E-state index contributed by atoms with van der Waals surface area (Å²) in [5, 5.41) is 2.73. The number of aromatic nitrogens is 1. The van der Waals surface area contributed by atoms with Crippen molar-refractivity contribution in [2.75, 3.05) is 5.32 Å². The molecular formula is C11H14BrN3O. The number of nitrogens with two attached hydrogens (primary N) is 1. The van der Waals surface area contributed by atoms with Crippen molar-refractivity contribution in [1.29, 1.82) is 0 Å². The van der Waals surface area contributed by atoms with Gasteiger partial charge in [0.1, 0.15) is 5.82 Å². The van der Waals surface area contributed by atoms with Crippen LogP contribution in [0.5, 0.6) is 0 Å². The molecule has 0 radical (unpaired) electrons. The molecule has 5 heteroatoms. The first kappa shape index (κ1) is 11.5. The zero-order valence-corrected chi connectivity index (χ0v) is 10.4. The van der Waals surface area contributed by atoms with Gasteiger partial charge in [-0.2, -0.15) is 0 Å². The van der Waals surface area contributed by atoms with E-state index in [1.807, 2.05) is 6.07 Å². The Bertz CT molecular complexity index is 375. The van der Waals surface area contributed by atoms with Crippen molar-refractivity contribution in [2.24, 2.45) is 11.7 Å². The Balaban J connectivity index is 1.84. The highest BCUT2D eigenvalue weighted by molar-refractivity contribution is 9.10. The summed E-state index contributed by atoms with van der Waals surface area (Å²) < 4.78 is 0.889. The third kappa shape index (κ3) is 3.28. The number of carbonyl (C=O) groups excluding carboxylic acids is 1. The number of hydrogen-bond donors (Lipinski definition) is 2. The quantitative estimate of drug-likeness (QED) is 0.887. The Hall–Kier alpha value is -0.940. The molecule has 0 aliphatic heterocycles. The second kappa shape index (κ2) is 4.93. The maximum absolute atomic E-state index is 11.6. The first-order valence-electron chi connectivity index (χ1n) is 5.32. The number of nitrogens with one attached hydrogen (secondary N) is 1. The van der Waals surface area contributed by atoms with Crippen molar-refractivity contribution in [2.45, 2.75) is 25.3 Å². The van der Waals surface area contributed by atoms with Crippen LogP contribution in [-0.4, -0.2) is 16.9 Å². The summed E-state index contributed by atoms with van der Waals surface area (Å²) in [5.41, 5.74) is 5.87. The second-order valence-electron chi connectivity index (χ2n) is 4.12. The minimum atomic E-state index is -0.0609. The lowest BCUT2D eigenvalue weighted by Crippen LogP contribution is -2.29. The molecule has 1 atom stereocenters. The number of carbonyl (C=O) groups is 1. The molecule has 86 valence electrons. The lowest BCUT2D eigenvalue weighted by atomic mass is 10.1. The van der Waals surface area contributed by atoms with Gasteiger partial charge in [-0.25, -0.2) is 4.98 Å². The van der Waals surface area contributed by atoms with Gasteiger partial charge in [-0.3, -0.25) is 4.79 Å². The number of nitrogens with zero attached hydrogens (tertiary/aromatic N) is 1. The zero-order valence-electron chi connectivity index (χ0n) is 8.82. The van der Waals surface area contributed by atoms with E-state index in [-0.39, 0.29) is 11.9 Å². The Morgan fingerprint density at radius 1 is 1.62 bits per heavy atom. The first-order chi connectivity index (χ1) is 7.65. The normalized spacial score (nSPS) is 16.9. The molecule has 0 spiro atoms. The van der Waals surface area contributed by atoms with Gasteiger partial charge in [-0.1, -0.05) is 0 Å². The predicted octanol–water partition coefficient (Wildman–Crippen LogP) is 1.91. The number of pyridine rings is 1. The van der Waals surface area contributed by atoms with E-state index in [4.69, 9.17) is 5.73 Å². The summed E-state index contributed by atoms with van der Waals surface area (Å²) in [6, 6.07) is 3.59. The fourth-order valence-electron chi connectivity index (χ4n) is 1.55. The van der Waals surface area contributed by atoms with Crippen LogP contribution < -0.4 is 11.1 Å². The Kier molecular flexibility index (Phi) is 3.56. The molecule has 0 saturated heterocycles. The molecule has 0 bridgehead atoms. The number of halogens is 1. The van der Waals surface area contributed by atoms with Gasteiger partial charge in [0.25, 0.3) is 0 Å². The third-order valence-electron chi connectivity index (χ3n) is 2.64. The van der Waals surface area contributed by atoms with E-state index in [1.54, 1.807) is 12.3 Å². The monoisotopic (exact) mass is 283 g/mol. The van der Waals surface area contributed by atoms with Crippen LogP contribution in [-0.2, 0) is 4.79 Å². The molecule has 1 saturated carbocycles. The highest BCUT2D eigenvalue weighted by Crippen LogP contribution is 2.32. The van der Waals surface area contributed by atoms with Gasteiger partial charge in [0, 0.05) is 23.1 Å². The topological polar surface area (TPSA) is 68.0 Å². The van der Waals surface area contributed by atoms with Crippen LogP contribution in [0, 0.1) is 5.92 Å². The van der Waals surface area contributed by atoms with Crippen LogP contribution in [0.3, 0.4) is 0 Å². The van der Waals surface area contributed by atoms with Gasteiger partial charge in [0.05, 0.1) is 0 Å². The lowest BCUT2D eigenvalue weighted by molar-refractivity contribution is -0.116. The molecule has 1 aromatic rings. The molecule has 1 aromatic heterocycles. The Labute approximate surface area is 103 Å². The Morgan fingerprint density at radius 3 is 2.94 bits per heavy atom. The molecule has 1 fully saturated rings. The van der Waals surface area contributed by atoms with Gasteiger partial charge in [-0.15, -0.1) is 0 Å². The SMILES string of the molecule is NC(CC(=O)Nc1ccc(Br)cn1)C1CC1. The van der Waals surface area contributed by atoms with Gasteiger partial charge >= 0.3 is 0 Å². The van der Waals surface area contributed by atoms with Crippen molar-refractivity contribution in [3.63, 3.8) is 0 Å². The largest absolute Gasteiger partial charge is 0.327 e. The van der Waals surface area contributed by atoms with E-state index in [2.05, 4.69) is 26.2 Å². The molecule has 4 nitrogen and oxygen atoms in total. The third-order valence-corrected chi connectivity index (χ3v) is 3.11. The number of rotatable bonds is 4. The van der Waals surface area contributed by atoms with E-state index in [0.29, 0.717) is 18.2 Å². The van der Waals surface area contributed by atoms with Crippen LogP contribution in [0.25, 0.3) is 0 Å². The average molecular weight is 284 g/mol. The molecule has 1 amide bonds. The van der Waals surface area contributed by atoms with Crippen molar-refractivity contribution >= 4 is 27.7 Å². The van der Waals surface area contributed by atoms with Crippen LogP contribution in [0.1, 0.15) is 19.3 Å². The van der Waals surface area contributed by atoms with Gasteiger partial charge in [-0.05, 0) is 46.8 Å². The van der Waals surface area contributed by atoms with E-state index in [0.717, 1.165) is 17.3 Å². The van der Waals surface area contributed by atoms with Crippen LogP contribution in [0.2, 0.25) is 0 Å². The molecule has 0 aromatic carbocycles. The summed E-state index contributed by atoms with van der Waals surface area (Å²) in [7, 11) is 0. The highest BCUT2D eigenvalue weighted by Gasteiger charge is 2.29. The van der Waals surface area contributed by atoms with Crippen molar-refractivity contribution in [3.8, 4) is 0 Å². The van der Waals surface area contributed by atoms with E-state index < -0.39 is 0 Å². The maximum atomic E-state index is 11.6. The smallest absolute Gasteiger partial charge is 0.227 e. The van der Waals surface area contributed by atoms with Crippen LogP contribution >= 0.6 is 15.9 Å². The summed E-state index contributed by atoms with van der Waals surface area (Å²) in [4.78, 5) is 15.7. The molecule has 16 heavy (non-hydrogen) atoms. The molecular weight excluding hydrogens is 270 g/mol. The summed E-state index contributed by atoms with van der Waals surface area (Å²) >= 11 is 3.28. The van der Waals surface area contributed by atoms with Gasteiger partial charge in [0.15, 0.2) is 0 Å². The molecule has 1 aliphatic carbocycles. The lowest BCUT2D eigenvalue weighted by Gasteiger charge is -2.09. The van der Waals surface area contributed by atoms with Crippen LogP contribution in [0.4, 0.5) is 5.82 Å². The highest BCUT2D eigenvalue weighted by atomic mass is 79.9. The minimum Gasteiger partial charge on any atom is -0.327 e. The molecule has 1 aliphatic rings. The summed E-state index contributed by atoms with van der Waals surface area (Å²) in [6.45, 7) is 0. The van der Waals surface area contributed by atoms with Gasteiger partial charge in [0.2, 0.25) is 5.91 Å². The number of amides is 1.